The average Bonchev–Trinajstić information content (AvgIpc) is 3.31. The smallest absolute Gasteiger partial charge is 0.161 e. The number of ketones is 1. The molecule has 235 valence electrons. The maximum Gasteiger partial charge on any atom is 0.161 e. The third-order valence-electron chi connectivity index (χ3n) is 8.01. The van der Waals surface area contributed by atoms with Crippen LogP contribution in [0.4, 0.5) is 0 Å². The molecule has 5 rings (SSSR count). The zero-order valence-corrected chi connectivity index (χ0v) is 30.8. The van der Waals surface area contributed by atoms with Crippen molar-refractivity contribution in [3.05, 3.63) is 103 Å². The van der Waals surface area contributed by atoms with Crippen LogP contribution in [0.15, 0.2) is 72.6 Å². The molecule has 2 aromatic heterocycles. The number of aromatic nitrogens is 1. The van der Waals surface area contributed by atoms with Crippen molar-refractivity contribution >= 4 is 48.1 Å². The van der Waals surface area contributed by atoms with E-state index in [2.05, 4.69) is 109 Å². The summed E-state index contributed by atoms with van der Waals surface area (Å²) in [5.41, 5.74) is 6.14. The number of allylic oxidation sites excluding steroid dienone is 2. The average molecular weight is 785 g/mol. The predicted octanol–water partition coefficient (Wildman–Crippen LogP) is 10.7. The predicted molar refractivity (Wildman–Crippen MR) is 186 cm³/mol. The van der Waals surface area contributed by atoms with E-state index in [1.54, 1.807) is 0 Å². The van der Waals surface area contributed by atoms with E-state index in [9.17, 15) is 9.90 Å². The maximum absolute atomic E-state index is 11.0. The second-order valence-electron chi connectivity index (χ2n) is 13.4. The summed E-state index contributed by atoms with van der Waals surface area (Å²) in [6, 6.07) is 20.1. The fourth-order valence-electron chi connectivity index (χ4n) is 5.23. The minimum atomic E-state index is -0.0316. The largest absolute Gasteiger partial charge is 0.512 e. The van der Waals surface area contributed by atoms with Crippen LogP contribution in [-0.2, 0) is 30.3 Å². The van der Waals surface area contributed by atoms with Crippen molar-refractivity contribution in [2.24, 2.45) is 11.8 Å². The molecule has 0 saturated heterocycles. The van der Waals surface area contributed by atoms with Crippen molar-refractivity contribution in [3.63, 3.8) is 0 Å². The third-order valence-corrected chi connectivity index (χ3v) is 9.19. The number of carbonyl (C=O) groups excluding carboxylic acids is 1. The Balaban J connectivity index is 0.000000380. The molecular formula is C39H46IrNO2S-. The van der Waals surface area contributed by atoms with Gasteiger partial charge in [-0.2, -0.15) is 12.5 Å². The number of carbonyl (C=O) groups is 1. The number of nitrogens with zero attached hydrogens (tertiary/aromatic N) is 1. The summed E-state index contributed by atoms with van der Waals surface area (Å²) in [6.07, 6.45) is 3.40. The van der Waals surface area contributed by atoms with Crippen molar-refractivity contribution < 1.29 is 34.6 Å². The van der Waals surface area contributed by atoms with E-state index in [4.69, 9.17) is 0 Å². The van der Waals surface area contributed by atoms with E-state index in [0.29, 0.717) is 5.92 Å². The zero-order valence-electron chi connectivity index (χ0n) is 27.5. The van der Waals surface area contributed by atoms with E-state index >= 15 is 0 Å². The molecule has 0 spiro atoms. The Bertz CT molecular complexity index is 1840. The van der Waals surface area contributed by atoms with Crippen LogP contribution >= 0.6 is 11.3 Å². The zero-order chi connectivity index (χ0) is 31.8. The summed E-state index contributed by atoms with van der Waals surface area (Å²) in [6.45, 7) is 23.2. The molecule has 44 heavy (non-hydrogen) atoms. The Morgan fingerprint density at radius 1 is 0.886 bits per heavy atom. The van der Waals surface area contributed by atoms with Gasteiger partial charge in [0.15, 0.2) is 5.78 Å². The summed E-state index contributed by atoms with van der Waals surface area (Å²) in [7, 11) is 4.37. The molecule has 0 atom stereocenters. The van der Waals surface area contributed by atoms with E-state index < -0.39 is 0 Å². The summed E-state index contributed by atoms with van der Waals surface area (Å²) in [5, 5.41) is 14.3. The Labute approximate surface area is 281 Å². The number of aliphatic hydroxyl groups excluding tert-OH is 1. The number of pyridine rings is 1. The van der Waals surface area contributed by atoms with Gasteiger partial charge in [0.05, 0.1) is 17.6 Å². The van der Waals surface area contributed by atoms with E-state index in [1.165, 1.54) is 53.7 Å². The number of benzene rings is 3. The molecule has 3 nitrogen and oxygen atoms in total. The Morgan fingerprint density at radius 3 is 2.09 bits per heavy atom. The molecule has 0 aliphatic heterocycles. The molecule has 2 heterocycles. The fourth-order valence-corrected chi connectivity index (χ4v) is 6.54. The SMILES string of the molecule is CC(C)C(=O)/C=C(\O)C(C)C.[CH2-]c1c(-c2c3sc4cc(C(C)C)ccc4c3cc[n+]2[CH2-])cc(C(C)(C)C)c2ccccc12.[Ir]. The molecule has 0 aliphatic rings. The van der Waals surface area contributed by atoms with Gasteiger partial charge < -0.3 is 9.67 Å². The summed E-state index contributed by atoms with van der Waals surface area (Å²) in [4.78, 5) is 11.0. The molecule has 5 aromatic rings. The molecule has 1 radical (unpaired) electrons. The minimum Gasteiger partial charge on any atom is -0.512 e. The first-order chi connectivity index (χ1) is 20.1. The molecule has 5 heteroatoms. The number of thiophene rings is 1. The number of aliphatic hydroxyl groups is 1. The van der Waals surface area contributed by atoms with Gasteiger partial charge >= 0.3 is 0 Å². The van der Waals surface area contributed by atoms with Crippen LogP contribution in [0.1, 0.15) is 84.9 Å². The standard InChI is InChI=1S/C30H30NS.C9H16O2.Ir/c1-18(2)20-12-13-23-24-14-15-31(7)28(29(24)32-27(23)16-20)25-17-26(30(4,5)6)22-11-9-8-10-21(22)19(25)3;1-6(2)8(10)5-9(11)7(3)4;/h8-18H,3,7H2,1-2,4-6H3;5-7,10H,1-4H3;/q-1;;/b;8-5-;. The van der Waals surface area contributed by atoms with Crippen LogP contribution in [0, 0.1) is 25.8 Å². The quantitative estimate of drug-likeness (QED) is 0.0835. The first kappa shape index (κ1) is 35.4. The van der Waals surface area contributed by atoms with Gasteiger partial charge in [-0.3, -0.25) is 4.79 Å². The monoisotopic (exact) mass is 785 g/mol. The van der Waals surface area contributed by atoms with Gasteiger partial charge in [0.2, 0.25) is 0 Å². The minimum absolute atomic E-state index is 0. The fraction of sp³-hybridized carbons (Fsp3) is 0.333. The second kappa shape index (κ2) is 13.9. The Hall–Kier alpha value is -3.11. The van der Waals surface area contributed by atoms with Crippen LogP contribution in [-0.4, -0.2) is 10.9 Å². The summed E-state index contributed by atoms with van der Waals surface area (Å²) >= 11 is 1.87. The first-order valence-electron chi connectivity index (χ1n) is 15.2. The number of rotatable bonds is 5. The van der Waals surface area contributed by atoms with Crippen molar-refractivity contribution in [3.8, 4) is 11.3 Å². The molecule has 0 fully saturated rings. The number of hydrogen-bond donors (Lipinski definition) is 1. The van der Waals surface area contributed by atoms with Crippen molar-refractivity contribution in [2.45, 2.75) is 73.6 Å². The Kier molecular flexibility index (Phi) is 11.2. The van der Waals surface area contributed by atoms with Crippen molar-refractivity contribution in [1.82, 2.24) is 0 Å². The van der Waals surface area contributed by atoms with Gasteiger partial charge in [0.1, 0.15) is 0 Å². The van der Waals surface area contributed by atoms with Gasteiger partial charge in [-0.25, -0.2) is 0 Å². The maximum atomic E-state index is 11.0. The van der Waals surface area contributed by atoms with Gasteiger partial charge in [-0.05, 0) is 39.8 Å². The number of hydrogen-bond acceptors (Lipinski definition) is 3. The van der Waals surface area contributed by atoms with Gasteiger partial charge in [-0.15, -0.1) is 34.4 Å². The summed E-state index contributed by atoms with van der Waals surface area (Å²) in [5.74, 6) is 0.677. The second-order valence-corrected chi connectivity index (χ2v) is 14.5. The molecule has 3 aromatic carbocycles. The van der Waals surface area contributed by atoms with Gasteiger partial charge in [0.25, 0.3) is 0 Å². The topological polar surface area (TPSA) is 41.2 Å². The summed E-state index contributed by atoms with van der Waals surface area (Å²) < 4.78 is 4.63. The molecule has 0 amide bonds. The van der Waals surface area contributed by atoms with Crippen molar-refractivity contribution in [2.75, 3.05) is 0 Å². The van der Waals surface area contributed by atoms with Gasteiger partial charge in [0, 0.05) is 54.5 Å². The van der Waals surface area contributed by atoms with Gasteiger partial charge in [-0.1, -0.05) is 104 Å². The van der Waals surface area contributed by atoms with Crippen LogP contribution in [0.3, 0.4) is 0 Å². The normalized spacial score (nSPS) is 12.2. The first-order valence-corrected chi connectivity index (χ1v) is 16.0. The molecular weight excluding hydrogens is 739 g/mol. The molecule has 0 bridgehead atoms. The van der Waals surface area contributed by atoms with E-state index in [-0.39, 0.29) is 48.9 Å². The van der Waals surface area contributed by atoms with E-state index in [1.807, 2.05) is 43.6 Å². The van der Waals surface area contributed by atoms with Crippen LogP contribution < -0.4 is 4.57 Å². The molecule has 0 aliphatic carbocycles. The van der Waals surface area contributed by atoms with Crippen LogP contribution in [0.2, 0.25) is 0 Å². The van der Waals surface area contributed by atoms with Crippen LogP contribution in [0.25, 0.3) is 42.2 Å². The van der Waals surface area contributed by atoms with Crippen molar-refractivity contribution in [1.29, 1.82) is 0 Å². The Morgan fingerprint density at radius 2 is 1.52 bits per heavy atom. The number of fused-ring (bicyclic) bond motifs is 4. The van der Waals surface area contributed by atoms with E-state index in [0.717, 1.165) is 11.3 Å². The third kappa shape index (κ3) is 7.23. The van der Waals surface area contributed by atoms with Crippen LogP contribution in [0.5, 0.6) is 0 Å². The molecule has 0 unspecified atom stereocenters. The molecule has 0 saturated carbocycles. The molecule has 1 N–H and O–H groups in total.